The molecule has 2 nitrogen and oxygen atoms in total. The van der Waals surface area contributed by atoms with E-state index in [9.17, 15) is 0 Å². The maximum absolute atomic E-state index is 6.36. The molecule has 0 aromatic heterocycles. The number of hydrogen-bond acceptors (Lipinski definition) is 2. The van der Waals surface area contributed by atoms with Crippen LogP contribution in [0.5, 0.6) is 11.5 Å². The summed E-state index contributed by atoms with van der Waals surface area (Å²) in [5.41, 5.74) is 8.74. The Bertz CT molecular complexity index is 1390. The zero-order valence-corrected chi connectivity index (χ0v) is 18.0. The zero-order valence-electron chi connectivity index (χ0n) is 18.0. The van der Waals surface area contributed by atoms with E-state index in [0.29, 0.717) is 6.61 Å². The smallest absolute Gasteiger partial charge is 0.135 e. The number of ether oxygens (including phenoxy) is 2. The van der Waals surface area contributed by atoms with Gasteiger partial charge < -0.3 is 9.47 Å². The molecule has 6 rings (SSSR count). The summed E-state index contributed by atoms with van der Waals surface area (Å²) in [7, 11) is 1.74. The summed E-state index contributed by atoms with van der Waals surface area (Å²) in [6, 6.07) is 25.8. The molecule has 1 heterocycles. The molecule has 0 N–H and O–H groups in total. The lowest BCUT2D eigenvalue weighted by Crippen LogP contribution is -2.20. The Hall–Kier alpha value is -3.52. The predicted molar refractivity (Wildman–Crippen MR) is 127 cm³/mol. The van der Waals surface area contributed by atoms with Gasteiger partial charge in [-0.3, -0.25) is 0 Å². The second-order valence-electron chi connectivity index (χ2n) is 8.80. The molecule has 0 unspecified atom stereocenters. The summed E-state index contributed by atoms with van der Waals surface area (Å²) >= 11 is 0. The molecule has 0 radical (unpaired) electrons. The number of para-hydroxylation sites is 1. The van der Waals surface area contributed by atoms with Gasteiger partial charge in [0.2, 0.25) is 0 Å². The highest BCUT2D eigenvalue weighted by molar-refractivity contribution is 6.10. The fourth-order valence-electron chi connectivity index (χ4n) is 5.52. The van der Waals surface area contributed by atoms with E-state index in [0.717, 1.165) is 17.1 Å². The van der Waals surface area contributed by atoms with Gasteiger partial charge in [0.05, 0.1) is 7.11 Å². The summed E-state index contributed by atoms with van der Waals surface area (Å²) in [6.07, 6.45) is 2.20. The summed E-state index contributed by atoms with van der Waals surface area (Å²) in [4.78, 5) is 0. The molecule has 4 aromatic rings. The average molecular weight is 405 g/mol. The number of rotatable bonds is 2. The van der Waals surface area contributed by atoms with Crippen molar-refractivity contribution in [2.75, 3.05) is 13.7 Å². The van der Waals surface area contributed by atoms with E-state index in [1.165, 1.54) is 44.2 Å². The van der Waals surface area contributed by atoms with Crippen LogP contribution in [-0.2, 0) is 5.41 Å². The van der Waals surface area contributed by atoms with Crippen LogP contribution in [0.3, 0.4) is 0 Å². The van der Waals surface area contributed by atoms with E-state index in [1.54, 1.807) is 7.11 Å². The molecule has 2 heteroatoms. The molecule has 0 bridgehead atoms. The van der Waals surface area contributed by atoms with Crippen LogP contribution in [0.1, 0.15) is 36.1 Å². The zero-order chi connectivity index (χ0) is 21.2. The third-order valence-corrected chi connectivity index (χ3v) is 6.84. The standard InChI is InChI=1S/C29H24O2/c1-29(2)23-14-8-6-13-22(23)25-19-11-4-5-12-21(19)28-26(27(25)29)20(16-17-31-28)18-10-7-9-15-24(18)30-3/h4-16H,17H2,1-3H3. The minimum Gasteiger partial charge on any atom is -0.496 e. The van der Waals surface area contributed by atoms with Crippen LogP contribution in [0.25, 0.3) is 27.5 Å². The Labute approximate surface area is 182 Å². The molecule has 0 saturated heterocycles. The van der Waals surface area contributed by atoms with Crippen molar-refractivity contribution in [3.05, 3.63) is 101 Å². The SMILES string of the molecule is COc1ccccc1C1=CCOc2c1c1c(c3ccccc23)-c2ccccc2C1(C)C. The van der Waals surface area contributed by atoms with Crippen LogP contribution in [0.2, 0.25) is 0 Å². The molecular weight excluding hydrogens is 380 g/mol. The second kappa shape index (κ2) is 6.49. The molecular formula is C29H24O2. The molecule has 0 spiro atoms. The number of methoxy groups -OCH3 is 1. The lowest BCUT2D eigenvalue weighted by Gasteiger charge is -2.30. The van der Waals surface area contributed by atoms with Crippen molar-refractivity contribution in [3.8, 4) is 22.6 Å². The highest BCUT2D eigenvalue weighted by Crippen LogP contribution is 2.58. The van der Waals surface area contributed by atoms with Gasteiger partial charge in [-0.15, -0.1) is 0 Å². The van der Waals surface area contributed by atoms with E-state index < -0.39 is 0 Å². The first-order valence-corrected chi connectivity index (χ1v) is 10.8. The van der Waals surface area contributed by atoms with Crippen LogP contribution >= 0.6 is 0 Å². The summed E-state index contributed by atoms with van der Waals surface area (Å²) in [5, 5.41) is 2.43. The maximum Gasteiger partial charge on any atom is 0.135 e. The van der Waals surface area contributed by atoms with E-state index in [-0.39, 0.29) is 5.41 Å². The summed E-state index contributed by atoms with van der Waals surface area (Å²) in [6.45, 7) is 5.22. The van der Waals surface area contributed by atoms with Gasteiger partial charge >= 0.3 is 0 Å². The minimum atomic E-state index is -0.137. The third-order valence-electron chi connectivity index (χ3n) is 6.84. The Morgan fingerprint density at radius 3 is 2.26 bits per heavy atom. The van der Waals surface area contributed by atoms with Gasteiger partial charge in [-0.05, 0) is 45.4 Å². The summed E-state index contributed by atoms with van der Waals surface area (Å²) in [5.74, 6) is 1.87. The lowest BCUT2D eigenvalue weighted by atomic mass is 9.76. The Morgan fingerprint density at radius 1 is 0.774 bits per heavy atom. The van der Waals surface area contributed by atoms with Crippen molar-refractivity contribution < 1.29 is 9.47 Å². The first-order valence-electron chi connectivity index (χ1n) is 10.8. The van der Waals surface area contributed by atoms with Crippen molar-refractivity contribution in [3.63, 3.8) is 0 Å². The second-order valence-corrected chi connectivity index (χ2v) is 8.80. The van der Waals surface area contributed by atoms with Gasteiger partial charge in [0.15, 0.2) is 0 Å². The van der Waals surface area contributed by atoms with Gasteiger partial charge in [0.25, 0.3) is 0 Å². The van der Waals surface area contributed by atoms with Gasteiger partial charge in [-0.2, -0.15) is 0 Å². The van der Waals surface area contributed by atoms with E-state index in [1.807, 2.05) is 12.1 Å². The Kier molecular flexibility index (Phi) is 3.82. The Balaban J connectivity index is 1.79. The van der Waals surface area contributed by atoms with Gasteiger partial charge in [0.1, 0.15) is 18.1 Å². The fourth-order valence-corrected chi connectivity index (χ4v) is 5.52. The van der Waals surface area contributed by atoms with Crippen molar-refractivity contribution >= 4 is 16.3 Å². The minimum absolute atomic E-state index is 0.137. The quantitative estimate of drug-likeness (QED) is 0.359. The first kappa shape index (κ1) is 18.3. The molecule has 4 aromatic carbocycles. The van der Waals surface area contributed by atoms with E-state index in [2.05, 4.69) is 80.6 Å². The van der Waals surface area contributed by atoms with Gasteiger partial charge in [-0.1, -0.05) is 80.6 Å². The van der Waals surface area contributed by atoms with Crippen molar-refractivity contribution in [1.29, 1.82) is 0 Å². The highest BCUT2D eigenvalue weighted by Gasteiger charge is 2.41. The maximum atomic E-state index is 6.36. The van der Waals surface area contributed by atoms with Crippen molar-refractivity contribution in [2.24, 2.45) is 0 Å². The topological polar surface area (TPSA) is 18.5 Å². The third kappa shape index (κ3) is 2.39. The number of hydrogen-bond donors (Lipinski definition) is 0. The largest absolute Gasteiger partial charge is 0.496 e. The molecule has 1 aliphatic heterocycles. The molecule has 0 atom stereocenters. The molecule has 2 aliphatic rings. The lowest BCUT2D eigenvalue weighted by molar-refractivity contribution is 0.360. The predicted octanol–water partition coefficient (Wildman–Crippen LogP) is 6.98. The molecule has 31 heavy (non-hydrogen) atoms. The first-order chi connectivity index (χ1) is 15.1. The van der Waals surface area contributed by atoms with Gasteiger partial charge in [-0.25, -0.2) is 0 Å². The number of fused-ring (bicyclic) bond motifs is 8. The molecule has 152 valence electrons. The number of benzene rings is 4. The fraction of sp³-hybridized carbons (Fsp3) is 0.172. The molecule has 1 aliphatic carbocycles. The highest BCUT2D eigenvalue weighted by atomic mass is 16.5. The normalized spacial score (nSPS) is 15.5. The van der Waals surface area contributed by atoms with Crippen LogP contribution in [-0.4, -0.2) is 13.7 Å². The monoisotopic (exact) mass is 404 g/mol. The average Bonchev–Trinajstić information content (AvgIpc) is 3.06. The van der Waals surface area contributed by atoms with Crippen LogP contribution in [0, 0.1) is 0 Å². The van der Waals surface area contributed by atoms with Gasteiger partial charge in [0, 0.05) is 21.9 Å². The molecule has 0 saturated carbocycles. The van der Waals surface area contributed by atoms with Crippen LogP contribution < -0.4 is 9.47 Å². The van der Waals surface area contributed by atoms with Crippen LogP contribution in [0.15, 0.2) is 78.9 Å². The molecule has 0 amide bonds. The Morgan fingerprint density at radius 2 is 1.45 bits per heavy atom. The summed E-state index contributed by atoms with van der Waals surface area (Å²) < 4.78 is 12.1. The van der Waals surface area contributed by atoms with E-state index >= 15 is 0 Å². The van der Waals surface area contributed by atoms with Crippen molar-refractivity contribution in [1.82, 2.24) is 0 Å². The molecule has 0 fully saturated rings. The van der Waals surface area contributed by atoms with E-state index in [4.69, 9.17) is 9.47 Å². The van der Waals surface area contributed by atoms with Crippen LogP contribution in [0.4, 0.5) is 0 Å². The van der Waals surface area contributed by atoms with Crippen molar-refractivity contribution in [2.45, 2.75) is 19.3 Å².